The molecule has 3 atom stereocenters. The maximum absolute atomic E-state index is 12.6. The van der Waals surface area contributed by atoms with Crippen LogP contribution in [-0.4, -0.2) is 22.5 Å². The summed E-state index contributed by atoms with van der Waals surface area (Å²) >= 11 is 0. The van der Waals surface area contributed by atoms with Crippen molar-refractivity contribution in [3.63, 3.8) is 0 Å². The van der Waals surface area contributed by atoms with Gasteiger partial charge in [-0.2, -0.15) is 0 Å². The van der Waals surface area contributed by atoms with Gasteiger partial charge in [0.2, 0.25) is 5.91 Å². The van der Waals surface area contributed by atoms with Gasteiger partial charge in [-0.1, -0.05) is 91.3 Å². The predicted molar refractivity (Wildman–Crippen MR) is 126 cm³/mol. The number of hydrogen-bond donors (Lipinski definition) is 0. The molecule has 1 aliphatic carbocycles. The van der Waals surface area contributed by atoms with E-state index in [2.05, 4.69) is 89.8 Å². The van der Waals surface area contributed by atoms with Gasteiger partial charge in [-0.25, -0.2) is 0 Å². The number of fused-ring (bicyclic) bond motifs is 3. The molecule has 2 aliphatic rings. The van der Waals surface area contributed by atoms with Crippen molar-refractivity contribution in [1.82, 2.24) is 4.90 Å². The third-order valence-corrected chi connectivity index (χ3v) is 9.74. The Hall–Kier alpha value is -2.44. The Kier molecular flexibility index (Phi) is 5.44. The van der Waals surface area contributed by atoms with Gasteiger partial charge >= 0.3 is 0 Å². The summed E-state index contributed by atoms with van der Waals surface area (Å²) in [7, 11) is -0.513. The predicted octanol–water partition coefficient (Wildman–Crippen LogP) is 5.19. The lowest BCUT2D eigenvalue weighted by atomic mass is 9.74. The molecule has 5 rings (SSSR count). The fraction of sp³-hybridized carbons (Fsp3) is 0.296. The Morgan fingerprint density at radius 2 is 1.43 bits per heavy atom. The standard InChI is InChI=1S/C27H28NOP/c1-20(29)28-19-21-11-8-9-16-24(21)27-25(28)17-10-18-26(27)30(22-12-4-2-5-13-22)23-14-6-3-7-15-23/h2-9,11-16,25-27H,10,17-19H2,1H3. The first-order valence-electron chi connectivity index (χ1n) is 11.0. The Labute approximate surface area is 180 Å². The lowest BCUT2D eigenvalue weighted by molar-refractivity contribution is -0.133. The lowest BCUT2D eigenvalue weighted by Crippen LogP contribution is -2.51. The van der Waals surface area contributed by atoms with E-state index < -0.39 is 7.92 Å². The van der Waals surface area contributed by atoms with E-state index in [1.807, 2.05) is 0 Å². The molecule has 3 unspecified atom stereocenters. The van der Waals surface area contributed by atoms with Gasteiger partial charge in [0, 0.05) is 25.4 Å². The largest absolute Gasteiger partial charge is 0.335 e. The second-order valence-corrected chi connectivity index (χ2v) is 10.9. The van der Waals surface area contributed by atoms with Crippen molar-refractivity contribution in [3.8, 4) is 0 Å². The zero-order valence-corrected chi connectivity index (χ0v) is 18.3. The Morgan fingerprint density at radius 3 is 2.07 bits per heavy atom. The van der Waals surface area contributed by atoms with E-state index in [-0.39, 0.29) is 5.91 Å². The van der Waals surface area contributed by atoms with Crippen LogP contribution in [0, 0.1) is 0 Å². The third-order valence-electron chi connectivity index (χ3n) is 6.79. The molecule has 0 bridgehead atoms. The minimum absolute atomic E-state index is 0.212. The first-order chi connectivity index (χ1) is 14.7. The summed E-state index contributed by atoms with van der Waals surface area (Å²) in [6, 6.07) is 31.3. The number of nitrogens with zero attached hydrogens (tertiary/aromatic N) is 1. The fourth-order valence-corrected chi connectivity index (χ4v) is 8.74. The second kappa shape index (κ2) is 8.36. The maximum atomic E-state index is 12.6. The number of carbonyl (C=O) groups excluding carboxylic acids is 1. The van der Waals surface area contributed by atoms with E-state index in [0.717, 1.165) is 13.0 Å². The summed E-state index contributed by atoms with van der Waals surface area (Å²) in [5, 5.41) is 2.89. The van der Waals surface area contributed by atoms with Gasteiger partial charge in [0.05, 0.1) is 0 Å². The van der Waals surface area contributed by atoms with Crippen molar-refractivity contribution in [2.75, 3.05) is 0 Å². The minimum Gasteiger partial charge on any atom is -0.335 e. The van der Waals surface area contributed by atoms with Crippen LogP contribution in [0.25, 0.3) is 0 Å². The van der Waals surface area contributed by atoms with Crippen LogP contribution in [0.15, 0.2) is 84.9 Å². The topological polar surface area (TPSA) is 20.3 Å². The van der Waals surface area contributed by atoms with Crippen LogP contribution >= 0.6 is 7.92 Å². The molecular formula is C27H28NOP. The van der Waals surface area contributed by atoms with Crippen molar-refractivity contribution >= 4 is 24.4 Å². The minimum atomic E-state index is -0.513. The monoisotopic (exact) mass is 413 g/mol. The lowest BCUT2D eigenvalue weighted by Gasteiger charge is -2.50. The third kappa shape index (κ3) is 3.48. The molecular weight excluding hydrogens is 385 g/mol. The zero-order chi connectivity index (χ0) is 20.5. The number of benzene rings is 3. The average Bonchev–Trinajstić information content (AvgIpc) is 2.80. The highest BCUT2D eigenvalue weighted by Gasteiger charge is 2.45. The van der Waals surface area contributed by atoms with Gasteiger partial charge in [-0.15, -0.1) is 0 Å². The van der Waals surface area contributed by atoms with Gasteiger partial charge in [0.15, 0.2) is 0 Å². The van der Waals surface area contributed by atoms with E-state index in [1.54, 1.807) is 6.92 Å². The summed E-state index contributed by atoms with van der Waals surface area (Å²) in [4.78, 5) is 14.8. The number of hydrogen-bond acceptors (Lipinski definition) is 1. The molecule has 0 spiro atoms. The highest BCUT2D eigenvalue weighted by atomic mass is 31.1. The molecule has 1 amide bonds. The SMILES string of the molecule is CC(=O)N1Cc2ccccc2C2C1CCCC2P(c1ccccc1)c1ccccc1. The van der Waals surface area contributed by atoms with Crippen LogP contribution in [0.2, 0.25) is 0 Å². The van der Waals surface area contributed by atoms with Crippen molar-refractivity contribution < 1.29 is 4.79 Å². The molecule has 3 heteroatoms. The number of amides is 1. The molecule has 1 heterocycles. The molecule has 1 fully saturated rings. The normalized spacial score (nSPS) is 23.0. The fourth-order valence-electron chi connectivity index (χ4n) is 5.56. The summed E-state index contributed by atoms with van der Waals surface area (Å²) in [6.07, 6.45) is 3.52. The van der Waals surface area contributed by atoms with Crippen LogP contribution in [0.1, 0.15) is 43.2 Å². The second-order valence-electron chi connectivity index (χ2n) is 8.48. The summed E-state index contributed by atoms with van der Waals surface area (Å²) < 4.78 is 0. The summed E-state index contributed by atoms with van der Waals surface area (Å²) in [5.41, 5.74) is 3.34. The van der Waals surface area contributed by atoms with E-state index in [4.69, 9.17) is 0 Å². The van der Waals surface area contributed by atoms with Crippen molar-refractivity contribution in [1.29, 1.82) is 0 Å². The quantitative estimate of drug-likeness (QED) is 0.542. The molecule has 3 aromatic carbocycles. The molecule has 2 nitrogen and oxygen atoms in total. The van der Waals surface area contributed by atoms with E-state index in [0.29, 0.717) is 17.6 Å². The van der Waals surface area contributed by atoms with Gasteiger partial charge in [0.1, 0.15) is 0 Å². The van der Waals surface area contributed by atoms with Gasteiger partial charge in [0.25, 0.3) is 0 Å². The average molecular weight is 414 g/mol. The van der Waals surface area contributed by atoms with Crippen molar-refractivity contribution in [2.24, 2.45) is 0 Å². The molecule has 0 saturated heterocycles. The Morgan fingerprint density at radius 1 is 0.833 bits per heavy atom. The molecule has 152 valence electrons. The van der Waals surface area contributed by atoms with E-state index in [1.165, 1.54) is 34.6 Å². The van der Waals surface area contributed by atoms with Crippen LogP contribution in [0.5, 0.6) is 0 Å². The molecule has 1 aliphatic heterocycles. The van der Waals surface area contributed by atoms with E-state index in [9.17, 15) is 4.79 Å². The van der Waals surface area contributed by atoms with Gasteiger partial charge in [-0.3, -0.25) is 4.79 Å². The molecule has 0 radical (unpaired) electrons. The first-order valence-corrected chi connectivity index (χ1v) is 12.4. The van der Waals surface area contributed by atoms with Crippen LogP contribution in [0.3, 0.4) is 0 Å². The molecule has 0 N–H and O–H groups in total. The van der Waals surface area contributed by atoms with E-state index >= 15 is 0 Å². The Balaban J connectivity index is 1.66. The highest BCUT2D eigenvalue weighted by Crippen LogP contribution is 2.55. The Bertz CT molecular complexity index is 980. The molecule has 3 aromatic rings. The smallest absolute Gasteiger partial charge is 0.220 e. The van der Waals surface area contributed by atoms with Crippen molar-refractivity contribution in [2.45, 2.75) is 50.3 Å². The van der Waals surface area contributed by atoms with Crippen molar-refractivity contribution in [3.05, 3.63) is 96.1 Å². The molecule has 0 aromatic heterocycles. The zero-order valence-electron chi connectivity index (χ0n) is 17.4. The summed E-state index contributed by atoms with van der Waals surface area (Å²) in [5.74, 6) is 0.614. The van der Waals surface area contributed by atoms with Crippen LogP contribution < -0.4 is 10.6 Å². The molecule has 1 saturated carbocycles. The van der Waals surface area contributed by atoms with Crippen LogP contribution in [0.4, 0.5) is 0 Å². The first kappa shape index (κ1) is 19.5. The van der Waals surface area contributed by atoms with Gasteiger partial charge < -0.3 is 4.90 Å². The summed E-state index contributed by atoms with van der Waals surface area (Å²) in [6.45, 7) is 2.50. The number of carbonyl (C=O) groups is 1. The van der Waals surface area contributed by atoms with Gasteiger partial charge in [-0.05, 0) is 48.2 Å². The maximum Gasteiger partial charge on any atom is 0.220 e. The van der Waals surface area contributed by atoms with Crippen LogP contribution in [-0.2, 0) is 11.3 Å². The number of rotatable bonds is 3. The highest BCUT2D eigenvalue weighted by molar-refractivity contribution is 7.73. The molecule has 30 heavy (non-hydrogen) atoms.